The largest absolute Gasteiger partial charge is 0.508 e. The van der Waals surface area contributed by atoms with Gasteiger partial charge in [0, 0.05) is 12.1 Å². The van der Waals surface area contributed by atoms with Gasteiger partial charge in [0.25, 0.3) is 5.95 Å². The average Bonchev–Trinajstić information content (AvgIpc) is 2.56. The van der Waals surface area contributed by atoms with Crippen molar-refractivity contribution in [2.45, 2.75) is 13.8 Å². The Bertz CT molecular complexity index is 1010. The van der Waals surface area contributed by atoms with Gasteiger partial charge < -0.3 is 24.1 Å². The predicted molar refractivity (Wildman–Crippen MR) is 97.3 cm³/mol. The van der Waals surface area contributed by atoms with Crippen LogP contribution in [0.4, 0.5) is 0 Å². The van der Waals surface area contributed by atoms with Crippen molar-refractivity contribution >= 4 is 11.0 Å². The third kappa shape index (κ3) is 3.97. The zero-order chi connectivity index (χ0) is 18.7. The molecule has 134 valence electrons. The second kappa shape index (κ2) is 7.23. The van der Waals surface area contributed by atoms with Crippen LogP contribution >= 0.6 is 0 Å². The highest BCUT2D eigenvalue weighted by atomic mass is 16.6. The molecule has 1 aromatic heterocycles. The number of rotatable bonds is 5. The Morgan fingerprint density at radius 2 is 1.81 bits per heavy atom. The zero-order valence-electron chi connectivity index (χ0n) is 14.4. The van der Waals surface area contributed by atoms with E-state index < -0.39 is 5.43 Å². The smallest absolute Gasteiger partial charge is 0.294 e. The molecule has 0 atom stereocenters. The molecule has 0 bridgehead atoms. The molecule has 0 amide bonds. The van der Waals surface area contributed by atoms with E-state index in [-0.39, 0.29) is 28.4 Å². The van der Waals surface area contributed by atoms with Crippen LogP contribution in [0.5, 0.6) is 28.9 Å². The van der Waals surface area contributed by atoms with E-state index >= 15 is 0 Å². The van der Waals surface area contributed by atoms with Crippen LogP contribution < -0.4 is 14.9 Å². The highest BCUT2D eigenvalue weighted by Gasteiger charge is 2.13. The fourth-order valence-corrected chi connectivity index (χ4v) is 2.29. The number of benzene rings is 2. The summed E-state index contributed by atoms with van der Waals surface area (Å²) >= 11 is 0. The van der Waals surface area contributed by atoms with Gasteiger partial charge in [-0.3, -0.25) is 4.79 Å². The summed E-state index contributed by atoms with van der Waals surface area (Å²) in [5.41, 5.74) is 0.818. The third-order valence-corrected chi connectivity index (χ3v) is 3.56. The molecule has 26 heavy (non-hydrogen) atoms. The minimum atomic E-state index is -0.437. The van der Waals surface area contributed by atoms with Crippen molar-refractivity contribution in [2.75, 3.05) is 6.61 Å². The summed E-state index contributed by atoms with van der Waals surface area (Å²) in [7, 11) is 0. The first kappa shape index (κ1) is 17.4. The Balaban J connectivity index is 1.95. The molecule has 3 aromatic rings. The maximum absolute atomic E-state index is 12.3. The number of phenolic OH excluding ortho intramolecular Hbond substituents is 2. The zero-order valence-corrected chi connectivity index (χ0v) is 14.4. The lowest BCUT2D eigenvalue weighted by Gasteiger charge is -2.09. The Labute approximate surface area is 149 Å². The summed E-state index contributed by atoms with van der Waals surface area (Å²) in [4.78, 5) is 12.3. The van der Waals surface area contributed by atoms with Crippen LogP contribution in [0.3, 0.4) is 0 Å². The van der Waals surface area contributed by atoms with E-state index in [9.17, 15) is 15.0 Å². The molecule has 6 nitrogen and oxygen atoms in total. The summed E-state index contributed by atoms with van der Waals surface area (Å²) in [5.74, 6) is 0.608. The first-order chi connectivity index (χ1) is 12.4. The molecule has 0 aliphatic carbocycles. The second-order valence-corrected chi connectivity index (χ2v) is 5.93. The quantitative estimate of drug-likeness (QED) is 0.663. The van der Waals surface area contributed by atoms with Crippen molar-refractivity contribution in [3.05, 3.63) is 64.3 Å². The van der Waals surface area contributed by atoms with E-state index in [1.54, 1.807) is 0 Å². The maximum Gasteiger partial charge on any atom is 0.294 e. The molecule has 0 saturated heterocycles. The Morgan fingerprint density at radius 1 is 1.08 bits per heavy atom. The Kier molecular flexibility index (Phi) is 4.84. The lowest BCUT2D eigenvalue weighted by atomic mass is 10.2. The van der Waals surface area contributed by atoms with E-state index in [0.29, 0.717) is 18.1 Å². The van der Waals surface area contributed by atoms with Gasteiger partial charge in [-0.15, -0.1) is 0 Å². The molecular formula is C20H18O6. The van der Waals surface area contributed by atoms with Crippen LogP contribution in [0.2, 0.25) is 0 Å². The van der Waals surface area contributed by atoms with E-state index in [2.05, 4.69) is 0 Å². The number of hydrogen-bond donors (Lipinski definition) is 2. The van der Waals surface area contributed by atoms with Gasteiger partial charge in [-0.2, -0.15) is 0 Å². The minimum Gasteiger partial charge on any atom is -0.508 e. The molecule has 0 radical (unpaired) electrons. The second-order valence-electron chi connectivity index (χ2n) is 5.93. The molecule has 2 N–H and O–H groups in total. The fourth-order valence-electron chi connectivity index (χ4n) is 2.29. The van der Waals surface area contributed by atoms with Gasteiger partial charge in [0.2, 0.25) is 0 Å². The number of fused-ring (bicyclic) bond motifs is 1. The van der Waals surface area contributed by atoms with Gasteiger partial charge in [0.15, 0.2) is 5.43 Å². The number of phenols is 2. The number of hydrogen-bond acceptors (Lipinski definition) is 6. The van der Waals surface area contributed by atoms with Crippen molar-refractivity contribution in [1.29, 1.82) is 0 Å². The predicted octanol–water partition coefficient (Wildman–Crippen LogP) is 4.34. The van der Waals surface area contributed by atoms with Crippen molar-refractivity contribution in [2.24, 2.45) is 0 Å². The van der Waals surface area contributed by atoms with Gasteiger partial charge in [0.1, 0.15) is 40.6 Å². The monoisotopic (exact) mass is 354 g/mol. The maximum atomic E-state index is 12.3. The normalized spacial score (nSPS) is 10.5. The van der Waals surface area contributed by atoms with Gasteiger partial charge in [-0.1, -0.05) is 5.57 Å². The lowest BCUT2D eigenvalue weighted by Crippen LogP contribution is -2.02. The number of allylic oxidation sites excluding steroid dienone is 1. The van der Waals surface area contributed by atoms with Crippen LogP contribution in [-0.4, -0.2) is 16.8 Å². The van der Waals surface area contributed by atoms with Crippen molar-refractivity contribution in [3.63, 3.8) is 0 Å². The van der Waals surface area contributed by atoms with Crippen molar-refractivity contribution in [1.82, 2.24) is 0 Å². The summed E-state index contributed by atoms with van der Waals surface area (Å²) in [6.07, 6.45) is 1.89. The molecule has 2 aromatic carbocycles. The van der Waals surface area contributed by atoms with Gasteiger partial charge in [-0.05, 0) is 44.2 Å². The number of ether oxygens (including phenoxy) is 2. The highest BCUT2D eigenvalue weighted by molar-refractivity contribution is 5.84. The van der Waals surface area contributed by atoms with Crippen LogP contribution in [0.25, 0.3) is 11.0 Å². The topological polar surface area (TPSA) is 89.1 Å². The molecule has 0 aliphatic rings. The molecule has 0 saturated carbocycles. The minimum absolute atomic E-state index is 0.0333. The number of aromatic hydroxyl groups is 2. The lowest BCUT2D eigenvalue weighted by molar-refractivity contribution is 0.346. The third-order valence-electron chi connectivity index (χ3n) is 3.56. The van der Waals surface area contributed by atoms with Gasteiger partial charge in [-0.25, -0.2) is 0 Å². The fraction of sp³-hybridized carbons (Fsp3) is 0.150. The molecule has 1 heterocycles. The van der Waals surface area contributed by atoms with E-state index in [1.165, 1.54) is 36.4 Å². The average molecular weight is 354 g/mol. The van der Waals surface area contributed by atoms with E-state index in [0.717, 1.165) is 11.6 Å². The molecule has 3 rings (SSSR count). The highest BCUT2D eigenvalue weighted by Crippen LogP contribution is 2.31. The SMILES string of the molecule is CC(C)=CCOc1cc(O)c2c(=O)cc(Oc3ccc(O)cc3)oc2c1. The summed E-state index contributed by atoms with van der Waals surface area (Å²) in [6, 6.07) is 10.0. The van der Waals surface area contributed by atoms with Gasteiger partial charge in [0.05, 0.1) is 6.07 Å². The van der Waals surface area contributed by atoms with Crippen LogP contribution in [0.1, 0.15) is 13.8 Å². The van der Waals surface area contributed by atoms with Crippen molar-refractivity contribution < 1.29 is 24.1 Å². The Morgan fingerprint density at radius 3 is 2.50 bits per heavy atom. The van der Waals surface area contributed by atoms with Crippen molar-refractivity contribution in [3.8, 4) is 28.9 Å². The van der Waals surface area contributed by atoms with E-state index in [1.807, 2.05) is 19.9 Å². The summed E-state index contributed by atoms with van der Waals surface area (Å²) in [5, 5.41) is 19.5. The van der Waals surface area contributed by atoms with E-state index in [4.69, 9.17) is 13.9 Å². The standard InChI is InChI=1S/C20H18O6/c1-12(2)7-8-24-15-9-16(22)20-17(23)11-19(26-18(20)10-15)25-14-5-3-13(21)4-6-14/h3-7,9-11,21-22H,8H2,1-2H3. The molecule has 0 aliphatic heterocycles. The first-order valence-corrected chi connectivity index (χ1v) is 7.96. The molecule has 6 heteroatoms. The molecular weight excluding hydrogens is 336 g/mol. The Hall–Kier alpha value is -3.41. The van der Waals surface area contributed by atoms with Gasteiger partial charge >= 0.3 is 0 Å². The summed E-state index contributed by atoms with van der Waals surface area (Å²) < 4.78 is 16.6. The summed E-state index contributed by atoms with van der Waals surface area (Å²) in [6.45, 7) is 4.24. The first-order valence-electron chi connectivity index (χ1n) is 7.96. The van der Waals surface area contributed by atoms with Crippen LogP contribution in [0, 0.1) is 0 Å². The van der Waals surface area contributed by atoms with Crippen LogP contribution in [0.15, 0.2) is 63.3 Å². The molecule has 0 fully saturated rings. The van der Waals surface area contributed by atoms with Crippen LogP contribution in [-0.2, 0) is 0 Å². The molecule has 0 unspecified atom stereocenters. The molecule has 0 spiro atoms.